The van der Waals surface area contributed by atoms with Gasteiger partial charge in [-0.3, -0.25) is 9.78 Å². The molecule has 22 heavy (non-hydrogen) atoms. The van der Waals surface area contributed by atoms with Gasteiger partial charge in [-0.1, -0.05) is 0 Å². The van der Waals surface area contributed by atoms with Gasteiger partial charge in [0.25, 0.3) is 0 Å². The van der Waals surface area contributed by atoms with Crippen molar-refractivity contribution >= 4 is 11.6 Å². The standard InChI is InChI=1S/C15H19N5O2/c21-14-9-19(13-1-3-16-4-2-13)5-6-20(10-14)15(22)7-12-8-17-11-18-12/h1-4,8,11,14,21H,5-7,9-10H2,(H,17,18)/t14-/m1/s1. The fourth-order valence-corrected chi connectivity index (χ4v) is 2.66. The van der Waals surface area contributed by atoms with E-state index in [0.29, 0.717) is 26.2 Å². The molecule has 0 spiro atoms. The van der Waals surface area contributed by atoms with Crippen LogP contribution in [0.25, 0.3) is 0 Å². The molecule has 1 amide bonds. The summed E-state index contributed by atoms with van der Waals surface area (Å²) in [6.45, 7) is 2.15. The fraction of sp³-hybridized carbons (Fsp3) is 0.400. The van der Waals surface area contributed by atoms with Crippen LogP contribution in [0.3, 0.4) is 0 Å². The highest BCUT2D eigenvalue weighted by atomic mass is 16.3. The number of nitrogens with zero attached hydrogens (tertiary/aromatic N) is 4. The lowest BCUT2D eigenvalue weighted by atomic mass is 10.2. The Bertz CT molecular complexity index is 602. The van der Waals surface area contributed by atoms with E-state index in [-0.39, 0.29) is 12.3 Å². The van der Waals surface area contributed by atoms with E-state index in [4.69, 9.17) is 0 Å². The number of aromatic nitrogens is 3. The summed E-state index contributed by atoms with van der Waals surface area (Å²) in [7, 11) is 0. The number of aliphatic hydroxyl groups is 1. The normalized spacial score (nSPS) is 19.0. The number of β-amino-alcohol motifs (C(OH)–C–C–N with tert-alkyl or cyclic N) is 1. The first-order valence-corrected chi connectivity index (χ1v) is 7.30. The smallest absolute Gasteiger partial charge is 0.228 e. The van der Waals surface area contributed by atoms with Crippen molar-refractivity contribution in [3.63, 3.8) is 0 Å². The van der Waals surface area contributed by atoms with Crippen molar-refractivity contribution in [3.8, 4) is 0 Å². The molecule has 1 saturated heterocycles. The Kier molecular flexibility index (Phi) is 4.34. The number of imidazole rings is 1. The van der Waals surface area contributed by atoms with Gasteiger partial charge >= 0.3 is 0 Å². The molecule has 7 heteroatoms. The van der Waals surface area contributed by atoms with Gasteiger partial charge in [0, 0.05) is 56.2 Å². The van der Waals surface area contributed by atoms with Crippen LogP contribution in [-0.4, -0.2) is 63.1 Å². The highest BCUT2D eigenvalue weighted by Gasteiger charge is 2.24. The number of carbonyl (C=O) groups excluding carboxylic acids is 1. The molecule has 1 aliphatic rings. The zero-order chi connectivity index (χ0) is 15.4. The zero-order valence-corrected chi connectivity index (χ0v) is 12.2. The van der Waals surface area contributed by atoms with Gasteiger partial charge < -0.3 is 19.9 Å². The number of amides is 1. The number of aromatic amines is 1. The van der Waals surface area contributed by atoms with Crippen molar-refractivity contribution in [1.82, 2.24) is 19.9 Å². The lowest BCUT2D eigenvalue weighted by molar-refractivity contribution is -0.131. The maximum atomic E-state index is 12.3. The largest absolute Gasteiger partial charge is 0.389 e. The number of pyridine rings is 1. The zero-order valence-electron chi connectivity index (χ0n) is 12.2. The minimum absolute atomic E-state index is 0.000113. The molecule has 7 nitrogen and oxygen atoms in total. The monoisotopic (exact) mass is 301 g/mol. The molecule has 116 valence electrons. The average molecular weight is 301 g/mol. The van der Waals surface area contributed by atoms with Gasteiger partial charge in [0.2, 0.25) is 5.91 Å². The maximum Gasteiger partial charge on any atom is 0.228 e. The Morgan fingerprint density at radius 3 is 2.82 bits per heavy atom. The number of H-pyrrole nitrogens is 1. The van der Waals surface area contributed by atoms with Gasteiger partial charge in [0.05, 0.1) is 18.9 Å². The molecule has 0 radical (unpaired) electrons. The molecular formula is C15H19N5O2. The van der Waals surface area contributed by atoms with E-state index in [2.05, 4.69) is 19.9 Å². The number of hydrogen-bond donors (Lipinski definition) is 2. The van der Waals surface area contributed by atoms with E-state index in [0.717, 1.165) is 11.4 Å². The molecular weight excluding hydrogens is 282 g/mol. The predicted molar refractivity (Wildman–Crippen MR) is 81.3 cm³/mol. The number of carbonyl (C=O) groups is 1. The topological polar surface area (TPSA) is 85.4 Å². The van der Waals surface area contributed by atoms with Gasteiger partial charge in [0.15, 0.2) is 0 Å². The summed E-state index contributed by atoms with van der Waals surface area (Å²) < 4.78 is 0. The van der Waals surface area contributed by atoms with Crippen LogP contribution in [0, 0.1) is 0 Å². The maximum absolute atomic E-state index is 12.3. The third-order valence-electron chi connectivity index (χ3n) is 3.78. The molecule has 2 aromatic heterocycles. The van der Waals surface area contributed by atoms with Crippen molar-refractivity contribution in [2.45, 2.75) is 12.5 Å². The van der Waals surface area contributed by atoms with E-state index < -0.39 is 6.10 Å². The third kappa shape index (κ3) is 3.43. The number of hydrogen-bond acceptors (Lipinski definition) is 5. The van der Waals surface area contributed by atoms with E-state index in [1.165, 1.54) is 0 Å². The van der Waals surface area contributed by atoms with Crippen molar-refractivity contribution in [2.24, 2.45) is 0 Å². The molecule has 3 rings (SSSR count). The van der Waals surface area contributed by atoms with Crippen LogP contribution in [0.15, 0.2) is 37.1 Å². The third-order valence-corrected chi connectivity index (χ3v) is 3.78. The molecule has 2 N–H and O–H groups in total. The molecule has 1 atom stereocenters. The molecule has 0 aromatic carbocycles. The van der Waals surface area contributed by atoms with Gasteiger partial charge in [0.1, 0.15) is 0 Å². The summed E-state index contributed by atoms with van der Waals surface area (Å²) in [5, 5.41) is 10.2. The minimum atomic E-state index is -0.568. The summed E-state index contributed by atoms with van der Waals surface area (Å²) in [6.07, 6.45) is 6.38. The lowest BCUT2D eigenvalue weighted by Crippen LogP contribution is -2.38. The Hall–Kier alpha value is -2.41. The Labute approximate surface area is 128 Å². The van der Waals surface area contributed by atoms with Crippen molar-refractivity contribution in [2.75, 3.05) is 31.1 Å². The van der Waals surface area contributed by atoms with Crippen LogP contribution in [0.1, 0.15) is 5.69 Å². The molecule has 3 heterocycles. The van der Waals surface area contributed by atoms with Gasteiger partial charge in [-0.2, -0.15) is 0 Å². The van der Waals surface area contributed by atoms with Crippen molar-refractivity contribution in [3.05, 3.63) is 42.7 Å². The SMILES string of the molecule is O=C(Cc1cnc[nH]1)N1CCN(c2ccncc2)C[C@@H](O)C1. The van der Waals surface area contributed by atoms with Gasteiger partial charge in [-0.15, -0.1) is 0 Å². The first kappa shape index (κ1) is 14.5. The molecule has 1 aliphatic heterocycles. The number of rotatable bonds is 3. The van der Waals surface area contributed by atoms with Crippen LogP contribution in [-0.2, 0) is 11.2 Å². The molecule has 0 saturated carbocycles. The molecule has 0 unspecified atom stereocenters. The summed E-state index contributed by atoms with van der Waals surface area (Å²) in [5.74, 6) is -0.000113. The van der Waals surface area contributed by atoms with Crippen LogP contribution < -0.4 is 4.90 Å². The molecule has 0 aliphatic carbocycles. The number of nitrogens with one attached hydrogen (secondary N) is 1. The second kappa shape index (κ2) is 6.57. The summed E-state index contributed by atoms with van der Waals surface area (Å²) >= 11 is 0. The Balaban J connectivity index is 1.65. The Morgan fingerprint density at radius 2 is 2.09 bits per heavy atom. The second-order valence-electron chi connectivity index (χ2n) is 5.40. The minimum Gasteiger partial charge on any atom is -0.389 e. The lowest BCUT2D eigenvalue weighted by Gasteiger charge is -2.23. The van der Waals surface area contributed by atoms with E-state index >= 15 is 0 Å². The van der Waals surface area contributed by atoms with E-state index in [1.807, 2.05) is 12.1 Å². The number of aliphatic hydroxyl groups excluding tert-OH is 1. The van der Waals surface area contributed by atoms with Crippen LogP contribution in [0.5, 0.6) is 0 Å². The second-order valence-corrected chi connectivity index (χ2v) is 5.40. The summed E-state index contributed by atoms with van der Waals surface area (Å²) in [6, 6.07) is 3.82. The van der Waals surface area contributed by atoms with Crippen LogP contribution >= 0.6 is 0 Å². The Morgan fingerprint density at radius 1 is 1.27 bits per heavy atom. The van der Waals surface area contributed by atoms with Crippen molar-refractivity contribution in [1.29, 1.82) is 0 Å². The summed E-state index contributed by atoms with van der Waals surface area (Å²) in [5.41, 5.74) is 1.80. The molecule has 0 bridgehead atoms. The molecule has 1 fully saturated rings. The van der Waals surface area contributed by atoms with Crippen molar-refractivity contribution < 1.29 is 9.90 Å². The highest BCUT2D eigenvalue weighted by Crippen LogP contribution is 2.15. The van der Waals surface area contributed by atoms with Crippen LogP contribution in [0.4, 0.5) is 5.69 Å². The van der Waals surface area contributed by atoms with E-state index in [9.17, 15) is 9.90 Å². The van der Waals surface area contributed by atoms with Gasteiger partial charge in [-0.25, -0.2) is 4.98 Å². The summed E-state index contributed by atoms with van der Waals surface area (Å²) in [4.78, 5) is 27.0. The first-order chi connectivity index (χ1) is 10.7. The van der Waals surface area contributed by atoms with Crippen LogP contribution in [0.2, 0.25) is 0 Å². The molecule has 2 aromatic rings. The van der Waals surface area contributed by atoms with E-state index in [1.54, 1.807) is 29.8 Å². The quantitative estimate of drug-likeness (QED) is 0.837. The predicted octanol–water partition coefficient (Wildman–Crippen LogP) is 0.0569. The fourth-order valence-electron chi connectivity index (χ4n) is 2.66. The highest BCUT2D eigenvalue weighted by molar-refractivity contribution is 5.78. The van der Waals surface area contributed by atoms with Gasteiger partial charge in [-0.05, 0) is 12.1 Å². The average Bonchev–Trinajstić information content (AvgIpc) is 2.95. The first-order valence-electron chi connectivity index (χ1n) is 7.30. The number of anilines is 1.